The number of rotatable bonds is 3. The van der Waals surface area contributed by atoms with E-state index < -0.39 is 16.4 Å². The van der Waals surface area contributed by atoms with Crippen LogP contribution in [0.1, 0.15) is 0 Å². The van der Waals surface area contributed by atoms with E-state index in [2.05, 4.69) is 38.5 Å². The molecule has 0 saturated carbocycles. The molecule has 7 heteroatoms. The second kappa shape index (κ2) is 5.83. The first-order valence-electron chi connectivity index (χ1n) is 5.04. The van der Waals surface area contributed by atoms with Gasteiger partial charge in [0.1, 0.15) is 11.6 Å². The van der Waals surface area contributed by atoms with E-state index in [9.17, 15) is 14.5 Å². The normalized spacial score (nSPS) is 10.3. The molecule has 0 aromatic heterocycles. The number of hydrogen-bond acceptors (Lipinski definition) is 3. The average molecular weight is 438 g/mol. The van der Waals surface area contributed by atoms with Crippen molar-refractivity contribution in [3.05, 3.63) is 60.4 Å². The highest BCUT2D eigenvalue weighted by Gasteiger charge is 2.19. The van der Waals surface area contributed by atoms with E-state index in [4.69, 9.17) is 4.74 Å². The first kappa shape index (κ1) is 14.2. The van der Waals surface area contributed by atoms with Crippen LogP contribution in [0.2, 0.25) is 0 Å². The van der Waals surface area contributed by atoms with Crippen LogP contribution >= 0.6 is 38.5 Å². The molecule has 0 bridgehead atoms. The molecule has 0 aliphatic carbocycles. The van der Waals surface area contributed by atoms with Gasteiger partial charge in [-0.05, 0) is 62.8 Å². The van der Waals surface area contributed by atoms with Crippen LogP contribution in [0.3, 0.4) is 0 Å². The minimum atomic E-state index is -0.707. The maximum absolute atomic E-state index is 13.3. The van der Waals surface area contributed by atoms with Crippen LogP contribution in [0, 0.1) is 19.5 Å². The van der Waals surface area contributed by atoms with Crippen molar-refractivity contribution in [3.8, 4) is 11.5 Å². The van der Waals surface area contributed by atoms with Gasteiger partial charge in [0, 0.05) is 9.64 Å². The maximum atomic E-state index is 13.3. The summed E-state index contributed by atoms with van der Waals surface area (Å²) in [6.07, 6.45) is 0. The van der Waals surface area contributed by atoms with E-state index >= 15 is 0 Å². The van der Waals surface area contributed by atoms with Gasteiger partial charge in [-0.3, -0.25) is 10.1 Å². The lowest BCUT2D eigenvalue weighted by Gasteiger charge is -2.07. The van der Waals surface area contributed by atoms with Gasteiger partial charge in [-0.1, -0.05) is 0 Å². The van der Waals surface area contributed by atoms with Crippen molar-refractivity contribution in [2.45, 2.75) is 0 Å². The zero-order valence-corrected chi connectivity index (χ0v) is 13.0. The highest BCUT2D eigenvalue weighted by Crippen LogP contribution is 2.35. The van der Waals surface area contributed by atoms with Gasteiger partial charge in [-0.25, -0.2) is 4.39 Å². The Hall–Kier alpha value is -1.22. The van der Waals surface area contributed by atoms with E-state index in [1.165, 1.54) is 6.07 Å². The van der Waals surface area contributed by atoms with Crippen molar-refractivity contribution >= 4 is 44.2 Å². The third-order valence-electron chi connectivity index (χ3n) is 2.24. The summed E-state index contributed by atoms with van der Waals surface area (Å²) < 4.78 is 19.8. The molecule has 0 N–H and O–H groups in total. The van der Waals surface area contributed by atoms with Crippen molar-refractivity contribution < 1.29 is 14.1 Å². The first-order valence-corrected chi connectivity index (χ1v) is 6.91. The van der Waals surface area contributed by atoms with Crippen molar-refractivity contribution in [1.82, 2.24) is 0 Å². The zero-order valence-electron chi connectivity index (χ0n) is 9.27. The highest BCUT2D eigenvalue weighted by atomic mass is 127. The quantitative estimate of drug-likeness (QED) is 0.390. The van der Waals surface area contributed by atoms with Crippen LogP contribution in [0.15, 0.2) is 40.9 Å². The molecule has 0 spiro atoms. The highest BCUT2D eigenvalue weighted by molar-refractivity contribution is 14.1. The van der Waals surface area contributed by atoms with Crippen molar-refractivity contribution in [2.24, 2.45) is 0 Å². The standard InChI is InChI=1S/C12H6BrFINO3/c13-9-5-12(11(16(17)18)6-10(9)14)19-8-3-1-7(15)2-4-8/h1-6H. The molecule has 0 atom stereocenters. The van der Waals surface area contributed by atoms with Gasteiger partial charge in [0.05, 0.1) is 15.5 Å². The van der Waals surface area contributed by atoms with Gasteiger partial charge in [0.15, 0.2) is 0 Å². The number of nitro groups is 1. The Labute approximate surface area is 130 Å². The predicted octanol–water partition coefficient (Wildman–Crippen LogP) is 4.89. The number of ether oxygens (including phenoxy) is 1. The molecule has 2 rings (SSSR count). The minimum absolute atomic E-state index is 0.0144. The van der Waals surface area contributed by atoms with Gasteiger partial charge in [0.25, 0.3) is 0 Å². The molecule has 0 heterocycles. The van der Waals surface area contributed by atoms with Crippen molar-refractivity contribution in [1.29, 1.82) is 0 Å². The van der Waals surface area contributed by atoms with E-state index in [1.54, 1.807) is 24.3 Å². The van der Waals surface area contributed by atoms with Gasteiger partial charge in [0.2, 0.25) is 5.75 Å². The molecule has 0 saturated heterocycles. The molecule has 98 valence electrons. The molecular weight excluding hydrogens is 432 g/mol. The Morgan fingerprint density at radius 3 is 2.47 bits per heavy atom. The SMILES string of the molecule is O=[N+]([O-])c1cc(F)c(Br)cc1Oc1ccc(I)cc1. The second-order valence-corrected chi connectivity index (χ2v) is 5.65. The fraction of sp³-hybridized carbons (Fsp3) is 0. The Morgan fingerprint density at radius 1 is 1.26 bits per heavy atom. The summed E-state index contributed by atoms with van der Waals surface area (Å²) in [6, 6.07) is 9.05. The van der Waals surface area contributed by atoms with Crippen molar-refractivity contribution in [2.75, 3.05) is 0 Å². The summed E-state index contributed by atoms with van der Waals surface area (Å²) in [6.45, 7) is 0. The third-order valence-corrected chi connectivity index (χ3v) is 3.57. The Balaban J connectivity index is 2.41. The first-order chi connectivity index (χ1) is 8.97. The summed E-state index contributed by atoms with van der Waals surface area (Å²) in [7, 11) is 0. The number of halogens is 3. The van der Waals surface area contributed by atoms with Crippen LogP contribution in [-0.4, -0.2) is 4.92 Å². The molecule has 4 nitrogen and oxygen atoms in total. The molecule has 0 radical (unpaired) electrons. The fourth-order valence-corrected chi connectivity index (χ4v) is 2.05. The molecular formula is C12H6BrFINO3. The second-order valence-electron chi connectivity index (χ2n) is 3.55. The summed E-state index contributed by atoms with van der Waals surface area (Å²) in [5, 5.41) is 10.9. The monoisotopic (exact) mass is 437 g/mol. The largest absolute Gasteiger partial charge is 0.450 e. The van der Waals surface area contributed by atoms with Crippen LogP contribution in [-0.2, 0) is 0 Å². The van der Waals surface area contributed by atoms with Gasteiger partial charge < -0.3 is 4.74 Å². The number of benzene rings is 2. The predicted molar refractivity (Wildman–Crippen MR) is 80.0 cm³/mol. The fourth-order valence-electron chi connectivity index (χ4n) is 1.37. The van der Waals surface area contributed by atoms with E-state index in [-0.39, 0.29) is 10.2 Å². The summed E-state index contributed by atoms with van der Waals surface area (Å²) in [5.74, 6) is -0.275. The molecule has 0 aliphatic rings. The molecule has 0 aliphatic heterocycles. The topological polar surface area (TPSA) is 52.4 Å². The summed E-state index contributed by atoms with van der Waals surface area (Å²) in [5.41, 5.74) is -0.417. The molecule has 2 aromatic rings. The zero-order chi connectivity index (χ0) is 14.0. The van der Waals surface area contributed by atoms with E-state index in [1.807, 2.05) is 0 Å². The van der Waals surface area contributed by atoms with E-state index in [0.717, 1.165) is 9.64 Å². The molecule has 19 heavy (non-hydrogen) atoms. The van der Waals surface area contributed by atoms with Gasteiger partial charge >= 0.3 is 5.69 Å². The number of nitro benzene ring substituents is 1. The number of nitrogens with zero attached hydrogens (tertiary/aromatic N) is 1. The minimum Gasteiger partial charge on any atom is -0.450 e. The molecule has 0 amide bonds. The Bertz CT molecular complexity index is 634. The molecule has 2 aromatic carbocycles. The van der Waals surface area contributed by atoms with Crippen molar-refractivity contribution in [3.63, 3.8) is 0 Å². The smallest absolute Gasteiger partial charge is 0.314 e. The lowest BCUT2D eigenvalue weighted by molar-refractivity contribution is -0.385. The molecule has 0 fully saturated rings. The van der Waals surface area contributed by atoms with Crippen LogP contribution in [0.4, 0.5) is 10.1 Å². The van der Waals surface area contributed by atoms with Crippen LogP contribution in [0.25, 0.3) is 0 Å². The summed E-state index contributed by atoms with van der Waals surface area (Å²) >= 11 is 5.11. The Morgan fingerprint density at radius 2 is 1.89 bits per heavy atom. The third kappa shape index (κ3) is 3.41. The lowest BCUT2D eigenvalue weighted by Crippen LogP contribution is -1.95. The molecule has 0 unspecified atom stereocenters. The lowest BCUT2D eigenvalue weighted by atomic mass is 10.3. The average Bonchev–Trinajstić information content (AvgIpc) is 2.36. The van der Waals surface area contributed by atoms with Gasteiger partial charge in [-0.2, -0.15) is 0 Å². The number of hydrogen-bond donors (Lipinski definition) is 0. The van der Waals surface area contributed by atoms with Crippen LogP contribution in [0.5, 0.6) is 11.5 Å². The van der Waals surface area contributed by atoms with E-state index in [0.29, 0.717) is 5.75 Å². The summed E-state index contributed by atoms with van der Waals surface area (Å²) in [4.78, 5) is 10.2. The Kier molecular flexibility index (Phi) is 4.35. The van der Waals surface area contributed by atoms with Gasteiger partial charge in [-0.15, -0.1) is 0 Å². The van der Waals surface area contributed by atoms with Crippen LogP contribution < -0.4 is 4.74 Å². The maximum Gasteiger partial charge on any atom is 0.314 e.